The molecule has 1 aromatic rings. The van der Waals surface area contributed by atoms with E-state index in [-0.39, 0.29) is 5.56 Å². The third kappa shape index (κ3) is 2.56. The molecule has 3 N–H and O–H groups in total. The van der Waals surface area contributed by atoms with Crippen LogP contribution >= 0.6 is 0 Å². The molecule has 5 heteroatoms. The van der Waals surface area contributed by atoms with Gasteiger partial charge < -0.3 is 20.5 Å². The summed E-state index contributed by atoms with van der Waals surface area (Å²) in [6.07, 6.45) is 1.83. The number of carboxylic acid groups (broad SMARTS) is 1. The fraction of sp³-hybridized carbons (Fsp3) is 0.462. The van der Waals surface area contributed by atoms with Crippen molar-refractivity contribution in [1.82, 2.24) is 0 Å². The Kier molecular flexibility index (Phi) is 3.72. The van der Waals surface area contributed by atoms with Gasteiger partial charge in [0, 0.05) is 32.0 Å². The number of anilines is 2. The Morgan fingerprint density at radius 3 is 2.72 bits per heavy atom. The molecule has 0 amide bonds. The molecule has 0 radical (unpaired) electrons. The molecule has 2 rings (SSSR count). The van der Waals surface area contributed by atoms with Crippen molar-refractivity contribution < 1.29 is 14.6 Å². The first-order chi connectivity index (χ1) is 8.59. The van der Waals surface area contributed by atoms with Gasteiger partial charge in [-0.1, -0.05) is 0 Å². The van der Waals surface area contributed by atoms with Crippen molar-refractivity contribution in [3.8, 4) is 0 Å². The normalized spacial score (nSPS) is 16.5. The molecule has 0 atom stereocenters. The third-order valence-electron chi connectivity index (χ3n) is 3.37. The summed E-state index contributed by atoms with van der Waals surface area (Å²) in [5.74, 6) is -0.948. The first-order valence-corrected chi connectivity index (χ1v) is 6.03. The second-order valence-electron chi connectivity index (χ2n) is 4.54. The van der Waals surface area contributed by atoms with Crippen LogP contribution in [-0.4, -0.2) is 37.4 Å². The third-order valence-corrected chi connectivity index (χ3v) is 3.37. The molecule has 0 unspecified atom stereocenters. The highest BCUT2D eigenvalue weighted by Crippen LogP contribution is 2.26. The zero-order chi connectivity index (χ0) is 13.1. The number of aromatic carboxylic acids is 1. The van der Waals surface area contributed by atoms with E-state index in [1.54, 1.807) is 12.1 Å². The van der Waals surface area contributed by atoms with Crippen LogP contribution in [0.5, 0.6) is 0 Å². The van der Waals surface area contributed by atoms with Gasteiger partial charge in [0.15, 0.2) is 0 Å². The monoisotopic (exact) mass is 250 g/mol. The van der Waals surface area contributed by atoms with Crippen LogP contribution in [0.25, 0.3) is 0 Å². The Balaban J connectivity index is 2.28. The molecular formula is C13H18N2O3. The highest BCUT2D eigenvalue weighted by molar-refractivity contribution is 5.95. The Labute approximate surface area is 106 Å². The van der Waals surface area contributed by atoms with Crippen LogP contribution in [0.1, 0.15) is 23.2 Å². The smallest absolute Gasteiger partial charge is 0.337 e. The maximum atomic E-state index is 11.3. The number of rotatable bonds is 3. The van der Waals surface area contributed by atoms with Crippen LogP contribution in [0.3, 0.4) is 0 Å². The number of nitrogen functional groups attached to an aromatic ring is 1. The molecule has 5 nitrogen and oxygen atoms in total. The molecule has 1 fully saturated rings. The summed E-state index contributed by atoms with van der Waals surface area (Å²) in [6, 6.07) is 5.33. The molecule has 1 saturated heterocycles. The lowest BCUT2D eigenvalue weighted by Gasteiger charge is -2.33. The lowest BCUT2D eigenvalue weighted by molar-refractivity contribution is 0.0696. The minimum atomic E-state index is -0.948. The molecule has 0 bridgehead atoms. The van der Waals surface area contributed by atoms with Crippen molar-refractivity contribution in [2.75, 3.05) is 30.9 Å². The van der Waals surface area contributed by atoms with Gasteiger partial charge in [0.2, 0.25) is 0 Å². The van der Waals surface area contributed by atoms with Crippen molar-refractivity contribution >= 4 is 17.3 Å². The van der Waals surface area contributed by atoms with E-state index in [1.165, 1.54) is 6.07 Å². The van der Waals surface area contributed by atoms with Gasteiger partial charge in [0.25, 0.3) is 0 Å². The molecular weight excluding hydrogens is 232 g/mol. The number of ether oxygens (including phenoxy) is 1. The van der Waals surface area contributed by atoms with Crippen LogP contribution in [-0.2, 0) is 4.74 Å². The molecule has 0 aromatic heterocycles. The number of nitrogens with two attached hydrogens (primary N) is 1. The minimum Gasteiger partial charge on any atom is -0.478 e. The van der Waals surface area contributed by atoms with Gasteiger partial charge >= 0.3 is 5.97 Å². The average molecular weight is 250 g/mol. The molecule has 18 heavy (non-hydrogen) atoms. The second-order valence-corrected chi connectivity index (χ2v) is 4.54. The molecule has 1 aliphatic rings. The summed E-state index contributed by atoms with van der Waals surface area (Å²) in [4.78, 5) is 13.3. The molecule has 1 aliphatic heterocycles. The Hall–Kier alpha value is -1.75. The SMILES string of the molecule is CN(c1ccc(N)cc1C(=O)O)C1CCOCC1. The van der Waals surface area contributed by atoms with E-state index in [1.807, 2.05) is 11.9 Å². The summed E-state index contributed by atoms with van der Waals surface area (Å²) < 4.78 is 5.32. The lowest BCUT2D eigenvalue weighted by atomic mass is 10.0. The van der Waals surface area contributed by atoms with Crippen molar-refractivity contribution in [3.63, 3.8) is 0 Å². The van der Waals surface area contributed by atoms with E-state index in [2.05, 4.69) is 0 Å². The largest absolute Gasteiger partial charge is 0.478 e. The first-order valence-electron chi connectivity index (χ1n) is 6.03. The summed E-state index contributed by atoms with van der Waals surface area (Å²) in [6.45, 7) is 1.46. The predicted molar refractivity (Wildman–Crippen MR) is 70.1 cm³/mol. The summed E-state index contributed by atoms with van der Waals surface area (Å²) >= 11 is 0. The van der Waals surface area contributed by atoms with Crippen molar-refractivity contribution in [2.24, 2.45) is 0 Å². The number of benzene rings is 1. The zero-order valence-corrected chi connectivity index (χ0v) is 10.4. The number of carboxylic acids is 1. The average Bonchev–Trinajstić information content (AvgIpc) is 2.39. The predicted octanol–water partition coefficient (Wildman–Crippen LogP) is 1.58. The van der Waals surface area contributed by atoms with Crippen molar-refractivity contribution in [3.05, 3.63) is 23.8 Å². The van der Waals surface area contributed by atoms with Crippen LogP contribution < -0.4 is 10.6 Å². The summed E-state index contributed by atoms with van der Waals surface area (Å²) in [5.41, 5.74) is 7.08. The van der Waals surface area contributed by atoms with Crippen LogP contribution in [0.2, 0.25) is 0 Å². The lowest BCUT2D eigenvalue weighted by Crippen LogP contribution is -2.37. The number of carbonyl (C=O) groups is 1. The van der Waals surface area contributed by atoms with Gasteiger partial charge in [-0.2, -0.15) is 0 Å². The summed E-state index contributed by atoms with van der Waals surface area (Å²) in [5, 5.41) is 9.23. The standard InChI is InChI=1S/C13H18N2O3/c1-15(10-4-6-18-7-5-10)12-3-2-9(14)8-11(12)13(16)17/h2-3,8,10H,4-7,14H2,1H3,(H,16,17). The minimum absolute atomic E-state index is 0.254. The quantitative estimate of drug-likeness (QED) is 0.797. The highest BCUT2D eigenvalue weighted by atomic mass is 16.5. The number of hydrogen-bond acceptors (Lipinski definition) is 4. The molecule has 0 aliphatic carbocycles. The van der Waals surface area contributed by atoms with Crippen molar-refractivity contribution in [1.29, 1.82) is 0 Å². The van der Waals surface area contributed by atoms with Gasteiger partial charge in [-0.3, -0.25) is 0 Å². The molecule has 1 aromatic carbocycles. The van der Waals surface area contributed by atoms with E-state index < -0.39 is 5.97 Å². The second kappa shape index (κ2) is 5.27. The molecule has 98 valence electrons. The number of hydrogen-bond donors (Lipinski definition) is 2. The van der Waals surface area contributed by atoms with Crippen LogP contribution in [0.4, 0.5) is 11.4 Å². The van der Waals surface area contributed by atoms with Crippen molar-refractivity contribution in [2.45, 2.75) is 18.9 Å². The van der Waals surface area contributed by atoms with Gasteiger partial charge in [-0.15, -0.1) is 0 Å². The fourth-order valence-corrected chi connectivity index (χ4v) is 2.30. The summed E-state index contributed by atoms with van der Waals surface area (Å²) in [7, 11) is 1.92. The molecule has 1 heterocycles. The highest BCUT2D eigenvalue weighted by Gasteiger charge is 2.22. The van der Waals surface area contributed by atoms with E-state index >= 15 is 0 Å². The molecule has 0 saturated carbocycles. The maximum Gasteiger partial charge on any atom is 0.337 e. The van der Waals surface area contributed by atoms with Gasteiger partial charge in [-0.05, 0) is 31.0 Å². The van der Waals surface area contributed by atoms with Gasteiger partial charge in [0.05, 0.1) is 11.3 Å². The van der Waals surface area contributed by atoms with Gasteiger partial charge in [0.1, 0.15) is 0 Å². The Bertz CT molecular complexity index is 442. The zero-order valence-electron chi connectivity index (χ0n) is 10.4. The van der Waals surface area contributed by atoms with E-state index in [9.17, 15) is 9.90 Å². The number of nitrogens with zero attached hydrogens (tertiary/aromatic N) is 1. The Morgan fingerprint density at radius 1 is 1.44 bits per heavy atom. The van der Waals surface area contributed by atoms with E-state index in [0.29, 0.717) is 17.4 Å². The topological polar surface area (TPSA) is 75.8 Å². The fourth-order valence-electron chi connectivity index (χ4n) is 2.30. The maximum absolute atomic E-state index is 11.3. The van der Waals surface area contributed by atoms with Gasteiger partial charge in [-0.25, -0.2) is 4.79 Å². The van der Waals surface area contributed by atoms with E-state index in [4.69, 9.17) is 10.5 Å². The van der Waals surface area contributed by atoms with Crippen LogP contribution in [0, 0.1) is 0 Å². The Morgan fingerprint density at radius 2 is 2.11 bits per heavy atom. The van der Waals surface area contributed by atoms with Crippen LogP contribution in [0.15, 0.2) is 18.2 Å². The molecule has 0 spiro atoms. The first kappa shape index (κ1) is 12.7. The van der Waals surface area contributed by atoms with E-state index in [0.717, 1.165) is 26.1 Å².